The first-order valence-corrected chi connectivity index (χ1v) is 9.96. The van der Waals surface area contributed by atoms with Crippen LogP contribution < -0.4 is 10.1 Å². The average Bonchev–Trinajstić information content (AvgIpc) is 3.24. The predicted molar refractivity (Wildman–Crippen MR) is 113 cm³/mol. The van der Waals surface area contributed by atoms with Gasteiger partial charge >= 0.3 is 0 Å². The minimum atomic E-state index is -0.376. The van der Waals surface area contributed by atoms with E-state index in [4.69, 9.17) is 4.74 Å². The van der Waals surface area contributed by atoms with Crippen LogP contribution in [0.4, 0.5) is 14.5 Å². The first kappa shape index (κ1) is 19.7. The molecule has 0 unspecified atom stereocenters. The SMILES string of the molecule is O=C(COc1ccc(F)cc1)Nc1ccccc1-c1csc(-c2ccccc2F)n1. The van der Waals surface area contributed by atoms with Gasteiger partial charge in [-0.1, -0.05) is 30.3 Å². The first-order chi connectivity index (χ1) is 14.6. The van der Waals surface area contributed by atoms with Gasteiger partial charge in [0.25, 0.3) is 5.91 Å². The molecule has 3 aromatic carbocycles. The number of rotatable bonds is 6. The highest BCUT2D eigenvalue weighted by molar-refractivity contribution is 7.13. The number of thiazole rings is 1. The summed E-state index contributed by atoms with van der Waals surface area (Å²) in [7, 11) is 0. The summed E-state index contributed by atoms with van der Waals surface area (Å²) in [4.78, 5) is 16.9. The average molecular weight is 422 g/mol. The topological polar surface area (TPSA) is 51.2 Å². The summed E-state index contributed by atoms with van der Waals surface area (Å²) < 4.78 is 32.4. The van der Waals surface area contributed by atoms with Crippen LogP contribution in [0.2, 0.25) is 0 Å². The Morgan fingerprint density at radius 2 is 1.63 bits per heavy atom. The zero-order valence-corrected chi connectivity index (χ0v) is 16.5. The molecular weight excluding hydrogens is 406 g/mol. The number of hydrogen-bond donors (Lipinski definition) is 1. The van der Waals surface area contributed by atoms with Gasteiger partial charge in [-0.05, 0) is 42.5 Å². The third-order valence-corrected chi connectivity index (χ3v) is 5.14. The van der Waals surface area contributed by atoms with E-state index < -0.39 is 0 Å². The number of nitrogens with zero attached hydrogens (tertiary/aromatic N) is 1. The van der Waals surface area contributed by atoms with Gasteiger partial charge < -0.3 is 10.1 Å². The van der Waals surface area contributed by atoms with Crippen molar-refractivity contribution in [1.82, 2.24) is 4.98 Å². The Morgan fingerprint density at radius 3 is 2.40 bits per heavy atom. The molecule has 1 N–H and O–H groups in total. The molecule has 1 aromatic heterocycles. The molecule has 0 radical (unpaired) electrons. The number of aromatic nitrogens is 1. The summed E-state index contributed by atoms with van der Waals surface area (Å²) in [6, 6.07) is 19.1. The van der Waals surface area contributed by atoms with E-state index >= 15 is 0 Å². The Labute approximate surface area is 175 Å². The van der Waals surface area contributed by atoms with Crippen LogP contribution in [0.25, 0.3) is 21.8 Å². The maximum absolute atomic E-state index is 14.1. The quantitative estimate of drug-likeness (QED) is 0.429. The van der Waals surface area contributed by atoms with E-state index in [-0.39, 0.29) is 24.1 Å². The lowest BCUT2D eigenvalue weighted by atomic mass is 10.1. The van der Waals surface area contributed by atoms with Crippen LogP contribution in [0.5, 0.6) is 5.75 Å². The van der Waals surface area contributed by atoms with Crippen molar-refractivity contribution in [1.29, 1.82) is 0 Å². The van der Waals surface area contributed by atoms with Gasteiger partial charge in [0.2, 0.25) is 0 Å². The van der Waals surface area contributed by atoms with Crippen LogP contribution in [0.15, 0.2) is 78.2 Å². The zero-order valence-electron chi connectivity index (χ0n) is 15.6. The smallest absolute Gasteiger partial charge is 0.262 e. The Hall–Kier alpha value is -3.58. The molecule has 1 amide bonds. The first-order valence-electron chi connectivity index (χ1n) is 9.08. The molecule has 0 aliphatic rings. The van der Waals surface area contributed by atoms with Gasteiger partial charge in [-0.3, -0.25) is 4.79 Å². The van der Waals surface area contributed by atoms with Crippen LogP contribution in [0, 0.1) is 11.6 Å². The molecule has 4 aromatic rings. The summed E-state index contributed by atoms with van der Waals surface area (Å²) in [5.41, 5.74) is 2.35. The zero-order chi connectivity index (χ0) is 20.9. The van der Waals surface area contributed by atoms with Crippen LogP contribution >= 0.6 is 11.3 Å². The van der Waals surface area contributed by atoms with Gasteiger partial charge in [-0.25, -0.2) is 13.8 Å². The monoisotopic (exact) mass is 422 g/mol. The second kappa shape index (κ2) is 8.84. The van der Waals surface area contributed by atoms with Crippen LogP contribution in [-0.2, 0) is 4.79 Å². The maximum Gasteiger partial charge on any atom is 0.262 e. The van der Waals surface area contributed by atoms with Gasteiger partial charge in [-0.15, -0.1) is 11.3 Å². The number of carbonyl (C=O) groups is 1. The molecule has 4 nitrogen and oxygen atoms in total. The Morgan fingerprint density at radius 1 is 0.933 bits per heavy atom. The number of amides is 1. The normalized spacial score (nSPS) is 10.6. The summed E-state index contributed by atoms with van der Waals surface area (Å²) in [5, 5.41) is 5.18. The fraction of sp³-hybridized carbons (Fsp3) is 0.0435. The molecule has 0 saturated carbocycles. The van der Waals surface area contributed by atoms with E-state index in [1.54, 1.807) is 30.3 Å². The van der Waals surface area contributed by atoms with Gasteiger partial charge in [0, 0.05) is 16.5 Å². The van der Waals surface area contributed by atoms with Crippen LogP contribution in [0.1, 0.15) is 0 Å². The highest BCUT2D eigenvalue weighted by Gasteiger charge is 2.14. The third-order valence-electron chi connectivity index (χ3n) is 4.27. The van der Waals surface area contributed by atoms with E-state index in [1.807, 2.05) is 17.5 Å². The second-order valence-corrected chi connectivity index (χ2v) is 7.21. The molecule has 0 aliphatic heterocycles. The van der Waals surface area contributed by atoms with Gasteiger partial charge in [-0.2, -0.15) is 0 Å². The third kappa shape index (κ3) is 4.52. The second-order valence-electron chi connectivity index (χ2n) is 6.35. The summed E-state index contributed by atoms with van der Waals surface area (Å²) in [6.45, 7) is -0.225. The number of benzene rings is 3. The van der Waals surface area contributed by atoms with Crippen molar-refractivity contribution >= 4 is 22.9 Å². The molecule has 0 atom stereocenters. The van der Waals surface area contributed by atoms with Crippen molar-refractivity contribution in [3.8, 4) is 27.6 Å². The van der Waals surface area contributed by atoms with Crippen molar-refractivity contribution in [2.75, 3.05) is 11.9 Å². The predicted octanol–water partition coefficient (Wildman–Crippen LogP) is 5.77. The van der Waals surface area contributed by atoms with Crippen molar-refractivity contribution in [2.45, 2.75) is 0 Å². The number of nitrogens with one attached hydrogen (secondary N) is 1. The fourth-order valence-electron chi connectivity index (χ4n) is 2.84. The molecule has 0 saturated heterocycles. The van der Waals surface area contributed by atoms with E-state index in [1.165, 1.54) is 41.7 Å². The minimum absolute atomic E-state index is 0.225. The minimum Gasteiger partial charge on any atom is -0.484 e. The molecule has 0 aliphatic carbocycles. The van der Waals surface area contributed by atoms with E-state index in [9.17, 15) is 13.6 Å². The lowest BCUT2D eigenvalue weighted by Crippen LogP contribution is -2.20. The molecule has 150 valence electrons. The summed E-state index contributed by atoms with van der Waals surface area (Å²) in [5.74, 6) is -0.679. The number of hydrogen-bond acceptors (Lipinski definition) is 4. The van der Waals surface area contributed by atoms with Gasteiger partial charge in [0.1, 0.15) is 22.4 Å². The number of anilines is 1. The molecule has 0 spiro atoms. The number of carbonyl (C=O) groups excluding carboxylic acids is 1. The Kier molecular flexibility index (Phi) is 5.81. The van der Waals surface area contributed by atoms with Crippen molar-refractivity contribution in [3.63, 3.8) is 0 Å². The van der Waals surface area contributed by atoms with Crippen molar-refractivity contribution in [2.24, 2.45) is 0 Å². The van der Waals surface area contributed by atoms with Crippen LogP contribution in [-0.4, -0.2) is 17.5 Å². The van der Waals surface area contributed by atoms with E-state index in [0.717, 1.165) is 0 Å². The largest absolute Gasteiger partial charge is 0.484 e. The molecule has 0 bridgehead atoms. The van der Waals surface area contributed by atoms with Gasteiger partial charge in [0.05, 0.1) is 11.4 Å². The van der Waals surface area contributed by atoms with E-state index in [0.29, 0.717) is 33.3 Å². The molecule has 4 rings (SSSR count). The standard InChI is InChI=1S/C23H16F2N2O2S/c24-15-9-11-16(12-10-15)29-13-22(28)26-20-8-4-2-6-18(20)21-14-30-23(27-21)17-5-1-3-7-19(17)25/h1-12,14H,13H2,(H,26,28). The maximum atomic E-state index is 14.1. The number of halogens is 2. The van der Waals surface area contributed by atoms with Gasteiger partial charge in [0.15, 0.2) is 6.61 Å². The lowest BCUT2D eigenvalue weighted by Gasteiger charge is -2.10. The van der Waals surface area contributed by atoms with Crippen molar-refractivity contribution < 1.29 is 18.3 Å². The molecular formula is C23H16F2N2O2S. The molecule has 30 heavy (non-hydrogen) atoms. The Balaban J connectivity index is 1.50. The van der Waals surface area contributed by atoms with E-state index in [2.05, 4.69) is 10.3 Å². The highest BCUT2D eigenvalue weighted by Crippen LogP contribution is 2.33. The fourth-order valence-corrected chi connectivity index (χ4v) is 3.68. The summed E-state index contributed by atoms with van der Waals surface area (Å²) in [6.07, 6.45) is 0. The summed E-state index contributed by atoms with van der Waals surface area (Å²) >= 11 is 1.33. The molecule has 1 heterocycles. The number of para-hydroxylation sites is 1. The highest BCUT2D eigenvalue weighted by atomic mass is 32.1. The molecule has 0 fully saturated rings. The number of ether oxygens (including phenoxy) is 1. The van der Waals surface area contributed by atoms with Crippen molar-refractivity contribution in [3.05, 3.63) is 89.8 Å². The van der Waals surface area contributed by atoms with Crippen LogP contribution in [0.3, 0.4) is 0 Å². The molecule has 7 heteroatoms. The lowest BCUT2D eigenvalue weighted by molar-refractivity contribution is -0.118. The Bertz CT molecular complexity index is 1180.